The van der Waals surface area contributed by atoms with Gasteiger partial charge in [0, 0.05) is 11.3 Å². The van der Waals surface area contributed by atoms with E-state index < -0.39 is 17.7 Å². The molecular weight excluding hydrogens is 530 g/mol. The first-order valence-electron chi connectivity index (χ1n) is 13.8. The number of benzene rings is 4. The Labute approximate surface area is 245 Å². The lowest BCUT2D eigenvalue weighted by molar-refractivity contribution is -0.132. The van der Waals surface area contributed by atoms with E-state index in [-0.39, 0.29) is 17.4 Å². The number of aliphatic hydroxyl groups is 1. The smallest absolute Gasteiger partial charge is 0.300 e. The molecule has 1 aliphatic heterocycles. The number of carbonyl (C=O) groups is 2. The molecule has 5 rings (SSSR count). The van der Waals surface area contributed by atoms with Crippen LogP contribution in [0.1, 0.15) is 42.1 Å². The molecule has 1 atom stereocenters. The fraction of sp³-hybridized carbons (Fsp3) is 0.200. The number of amides is 1. The Hall–Kier alpha value is -5.04. The molecule has 1 unspecified atom stereocenters. The molecule has 0 saturated carbocycles. The second-order valence-corrected chi connectivity index (χ2v) is 10.4. The summed E-state index contributed by atoms with van der Waals surface area (Å²) >= 11 is 0. The van der Waals surface area contributed by atoms with Crippen LogP contribution in [0.15, 0.2) is 103 Å². The van der Waals surface area contributed by atoms with Crippen molar-refractivity contribution in [3.63, 3.8) is 0 Å². The molecule has 0 radical (unpaired) electrons. The van der Waals surface area contributed by atoms with Crippen LogP contribution in [0.3, 0.4) is 0 Å². The van der Waals surface area contributed by atoms with E-state index in [1.165, 1.54) is 4.90 Å². The highest BCUT2D eigenvalue weighted by Crippen LogP contribution is 2.43. The highest BCUT2D eigenvalue weighted by molar-refractivity contribution is 6.51. The van der Waals surface area contributed by atoms with Crippen molar-refractivity contribution in [2.75, 3.05) is 12.0 Å². The zero-order valence-corrected chi connectivity index (χ0v) is 24.0. The Kier molecular flexibility index (Phi) is 8.29. The van der Waals surface area contributed by atoms with Gasteiger partial charge < -0.3 is 19.3 Å². The van der Waals surface area contributed by atoms with Crippen molar-refractivity contribution in [2.24, 2.45) is 0 Å². The zero-order chi connectivity index (χ0) is 29.8. The first-order valence-corrected chi connectivity index (χ1v) is 13.8. The number of methoxy groups -OCH3 is 1. The number of ketones is 1. The second kappa shape index (κ2) is 12.2. The molecule has 1 N–H and O–H groups in total. The Morgan fingerprint density at radius 3 is 2.17 bits per heavy atom. The van der Waals surface area contributed by atoms with Crippen molar-refractivity contribution in [2.45, 2.75) is 39.5 Å². The van der Waals surface area contributed by atoms with E-state index >= 15 is 0 Å². The number of aliphatic hydroxyl groups excluding tert-OH is 1. The van der Waals surface area contributed by atoms with Crippen LogP contribution in [0, 0.1) is 6.92 Å². The van der Waals surface area contributed by atoms with Crippen molar-refractivity contribution >= 4 is 23.1 Å². The number of Topliss-reactive ketones (excluding diaryl/α,β-unsaturated/α-hetero) is 1. The summed E-state index contributed by atoms with van der Waals surface area (Å²) in [5, 5.41) is 11.6. The highest BCUT2D eigenvalue weighted by atomic mass is 16.5. The standard InChI is InChI=1S/C35H33NO6/c1-22(2)42-29-17-13-27(14-18-29)36-32(25-10-15-28(40-4)16-11-25)31(34(38)35(36)39)33(37)26-12-19-30(23(3)20-26)41-21-24-8-6-5-7-9-24/h5-20,22,32,37H,21H2,1-4H3/b33-31-. The summed E-state index contributed by atoms with van der Waals surface area (Å²) < 4.78 is 17.1. The number of hydrogen-bond acceptors (Lipinski definition) is 6. The minimum Gasteiger partial charge on any atom is -0.507 e. The number of aryl methyl sites for hydroxylation is 1. The molecule has 4 aromatic carbocycles. The van der Waals surface area contributed by atoms with E-state index in [0.717, 1.165) is 11.1 Å². The first-order chi connectivity index (χ1) is 20.3. The third kappa shape index (κ3) is 5.86. The highest BCUT2D eigenvalue weighted by Gasteiger charge is 2.47. The molecule has 7 nitrogen and oxygen atoms in total. The number of hydrogen-bond donors (Lipinski definition) is 1. The largest absolute Gasteiger partial charge is 0.507 e. The number of anilines is 1. The average molecular weight is 564 g/mol. The monoisotopic (exact) mass is 563 g/mol. The third-order valence-electron chi connectivity index (χ3n) is 7.05. The summed E-state index contributed by atoms with van der Waals surface area (Å²) in [6.45, 7) is 6.13. The quantitative estimate of drug-likeness (QED) is 0.134. The number of nitrogens with zero attached hydrogens (tertiary/aromatic N) is 1. The molecule has 42 heavy (non-hydrogen) atoms. The van der Waals surface area contributed by atoms with Crippen LogP contribution in [-0.4, -0.2) is 30.0 Å². The van der Waals surface area contributed by atoms with Crippen molar-refractivity contribution in [3.05, 3.63) is 125 Å². The van der Waals surface area contributed by atoms with Crippen LogP contribution < -0.4 is 19.1 Å². The second-order valence-electron chi connectivity index (χ2n) is 10.4. The van der Waals surface area contributed by atoms with Gasteiger partial charge in [0.2, 0.25) is 0 Å². The van der Waals surface area contributed by atoms with E-state index in [0.29, 0.717) is 40.7 Å². The van der Waals surface area contributed by atoms with Gasteiger partial charge in [-0.2, -0.15) is 0 Å². The predicted molar refractivity (Wildman–Crippen MR) is 162 cm³/mol. The van der Waals surface area contributed by atoms with Gasteiger partial charge in [0.25, 0.3) is 11.7 Å². The molecule has 0 bridgehead atoms. The fourth-order valence-electron chi connectivity index (χ4n) is 5.01. The lowest BCUT2D eigenvalue weighted by Crippen LogP contribution is -2.29. The van der Waals surface area contributed by atoms with Gasteiger partial charge in [-0.1, -0.05) is 42.5 Å². The Balaban J connectivity index is 1.54. The van der Waals surface area contributed by atoms with Gasteiger partial charge in [0.1, 0.15) is 29.6 Å². The normalized spacial score (nSPS) is 16.1. The maximum atomic E-state index is 13.6. The summed E-state index contributed by atoms with van der Waals surface area (Å²) in [5.41, 5.74) is 3.40. The summed E-state index contributed by atoms with van der Waals surface area (Å²) in [4.78, 5) is 28.5. The molecule has 1 heterocycles. The van der Waals surface area contributed by atoms with Crippen molar-refractivity contribution < 1.29 is 28.9 Å². The molecule has 4 aromatic rings. The van der Waals surface area contributed by atoms with E-state index in [1.807, 2.05) is 51.1 Å². The van der Waals surface area contributed by atoms with E-state index in [1.54, 1.807) is 73.8 Å². The van der Waals surface area contributed by atoms with Crippen LogP contribution in [0.5, 0.6) is 17.2 Å². The minimum absolute atomic E-state index is 0.00466. The van der Waals surface area contributed by atoms with Crippen molar-refractivity contribution in [1.29, 1.82) is 0 Å². The Morgan fingerprint density at radius 1 is 0.881 bits per heavy atom. The molecular formula is C35H33NO6. The molecule has 7 heteroatoms. The van der Waals surface area contributed by atoms with Crippen molar-refractivity contribution in [1.82, 2.24) is 0 Å². The van der Waals surface area contributed by atoms with Gasteiger partial charge in [-0.15, -0.1) is 0 Å². The summed E-state index contributed by atoms with van der Waals surface area (Å²) in [6, 6.07) is 28.3. The molecule has 1 amide bonds. The van der Waals surface area contributed by atoms with Gasteiger partial charge >= 0.3 is 0 Å². The molecule has 1 aliphatic rings. The van der Waals surface area contributed by atoms with E-state index in [2.05, 4.69) is 0 Å². The molecule has 1 saturated heterocycles. The van der Waals surface area contributed by atoms with Crippen LogP contribution in [0.2, 0.25) is 0 Å². The van der Waals surface area contributed by atoms with Gasteiger partial charge in [-0.3, -0.25) is 14.5 Å². The first kappa shape index (κ1) is 28.5. The van der Waals surface area contributed by atoms with Gasteiger partial charge in [-0.25, -0.2) is 0 Å². The van der Waals surface area contributed by atoms with Crippen molar-refractivity contribution in [3.8, 4) is 17.2 Å². The summed E-state index contributed by atoms with van der Waals surface area (Å²) in [6.07, 6.45) is -0.0111. The lowest BCUT2D eigenvalue weighted by Gasteiger charge is -2.26. The molecule has 0 spiro atoms. The molecule has 0 aliphatic carbocycles. The third-order valence-corrected chi connectivity index (χ3v) is 7.05. The maximum absolute atomic E-state index is 13.6. The Morgan fingerprint density at radius 2 is 1.55 bits per heavy atom. The van der Waals surface area contributed by atoms with Crippen LogP contribution >= 0.6 is 0 Å². The van der Waals surface area contributed by atoms with E-state index in [9.17, 15) is 14.7 Å². The molecule has 1 fully saturated rings. The molecule has 214 valence electrons. The lowest BCUT2D eigenvalue weighted by atomic mass is 9.94. The van der Waals surface area contributed by atoms with Gasteiger partial charge in [-0.05, 0) is 92.1 Å². The number of rotatable bonds is 9. The van der Waals surface area contributed by atoms with Crippen LogP contribution in [-0.2, 0) is 16.2 Å². The zero-order valence-electron chi connectivity index (χ0n) is 24.0. The average Bonchev–Trinajstić information content (AvgIpc) is 3.26. The fourth-order valence-corrected chi connectivity index (χ4v) is 5.01. The van der Waals surface area contributed by atoms with Gasteiger partial charge in [0.05, 0.1) is 24.8 Å². The van der Waals surface area contributed by atoms with Crippen LogP contribution in [0.4, 0.5) is 5.69 Å². The van der Waals surface area contributed by atoms with Crippen LogP contribution in [0.25, 0.3) is 5.76 Å². The summed E-state index contributed by atoms with van der Waals surface area (Å²) in [5.74, 6) is 0.191. The summed E-state index contributed by atoms with van der Waals surface area (Å²) in [7, 11) is 1.57. The number of ether oxygens (including phenoxy) is 3. The number of carbonyl (C=O) groups excluding carboxylic acids is 2. The Bertz CT molecular complexity index is 1610. The van der Waals surface area contributed by atoms with E-state index in [4.69, 9.17) is 14.2 Å². The molecule has 0 aromatic heterocycles. The topological polar surface area (TPSA) is 85.3 Å². The minimum atomic E-state index is -0.859. The van der Waals surface area contributed by atoms with Gasteiger partial charge in [0.15, 0.2) is 0 Å². The predicted octanol–water partition coefficient (Wildman–Crippen LogP) is 7.00. The SMILES string of the molecule is COc1ccc(C2/C(=C(/O)c3ccc(OCc4ccccc4)c(C)c3)C(=O)C(=O)N2c2ccc(OC(C)C)cc2)cc1. The maximum Gasteiger partial charge on any atom is 0.300 e.